The van der Waals surface area contributed by atoms with Crippen molar-refractivity contribution in [2.45, 2.75) is 17.9 Å². The molecule has 7 heteroatoms. The lowest BCUT2D eigenvalue weighted by Gasteiger charge is -2.17. The van der Waals surface area contributed by atoms with Crippen molar-refractivity contribution in [1.29, 1.82) is 0 Å². The number of likely N-dealkylation sites (tertiary alicyclic amines) is 1. The fourth-order valence-electron chi connectivity index (χ4n) is 2.89. The van der Waals surface area contributed by atoms with Crippen molar-refractivity contribution in [3.05, 3.63) is 66.0 Å². The molecule has 1 atom stereocenters. The number of nitrogens with zero attached hydrogens (tertiary/aromatic N) is 1. The molecule has 2 aromatic carbocycles. The molecule has 1 heterocycles. The van der Waals surface area contributed by atoms with Crippen LogP contribution in [0.25, 0.3) is 0 Å². The molecule has 3 rings (SSSR count). The van der Waals surface area contributed by atoms with Gasteiger partial charge in [0.2, 0.25) is 15.9 Å². The van der Waals surface area contributed by atoms with Crippen LogP contribution in [0.5, 0.6) is 0 Å². The van der Waals surface area contributed by atoms with E-state index >= 15 is 0 Å². The van der Waals surface area contributed by atoms with Crippen LogP contribution >= 0.6 is 0 Å². The molecule has 0 aromatic heterocycles. The Bertz CT molecular complexity index is 856. The molecule has 1 amide bonds. The first kappa shape index (κ1) is 17.6. The van der Waals surface area contributed by atoms with E-state index in [4.69, 9.17) is 0 Å². The second kappa shape index (κ2) is 7.33. The number of sulfonamides is 1. The van der Waals surface area contributed by atoms with E-state index in [9.17, 15) is 17.6 Å². The lowest BCUT2D eigenvalue weighted by atomic mass is 10.1. The number of rotatable bonds is 6. The predicted octanol–water partition coefficient (Wildman–Crippen LogP) is 2.15. The van der Waals surface area contributed by atoms with Crippen LogP contribution < -0.4 is 4.72 Å². The average Bonchev–Trinajstić information content (AvgIpc) is 2.94. The fraction of sp³-hybridized carbons (Fsp3) is 0.278. The van der Waals surface area contributed by atoms with E-state index in [1.165, 1.54) is 18.2 Å². The zero-order valence-electron chi connectivity index (χ0n) is 13.6. The van der Waals surface area contributed by atoms with Crippen LogP contribution in [0.4, 0.5) is 4.39 Å². The van der Waals surface area contributed by atoms with Gasteiger partial charge in [-0.3, -0.25) is 4.79 Å². The van der Waals surface area contributed by atoms with E-state index in [2.05, 4.69) is 4.72 Å². The van der Waals surface area contributed by atoms with E-state index in [1.807, 2.05) is 30.3 Å². The molecular formula is C18H19FN2O3S. The maximum Gasteiger partial charge on any atom is 0.240 e. The van der Waals surface area contributed by atoms with Crippen LogP contribution in [-0.4, -0.2) is 32.3 Å². The van der Waals surface area contributed by atoms with Crippen LogP contribution in [0.3, 0.4) is 0 Å². The third-order valence-electron chi connectivity index (χ3n) is 4.18. The standard InChI is InChI=1S/C18H19FN2O3S/c19-16-7-4-8-17(10-16)25(23,24)20-11-15-9-18(22)21(13-15)12-14-5-2-1-3-6-14/h1-8,10,15,20H,9,11-13H2. The van der Waals surface area contributed by atoms with E-state index < -0.39 is 15.8 Å². The molecule has 2 aromatic rings. The summed E-state index contributed by atoms with van der Waals surface area (Å²) in [5.41, 5.74) is 1.04. The first-order valence-corrected chi connectivity index (χ1v) is 9.49. The zero-order chi connectivity index (χ0) is 17.9. The number of nitrogens with one attached hydrogen (secondary N) is 1. The molecule has 0 spiro atoms. The second-order valence-corrected chi connectivity index (χ2v) is 7.91. The van der Waals surface area contributed by atoms with E-state index in [0.29, 0.717) is 19.5 Å². The van der Waals surface area contributed by atoms with Gasteiger partial charge in [-0.1, -0.05) is 36.4 Å². The minimum atomic E-state index is -3.78. The second-order valence-electron chi connectivity index (χ2n) is 6.14. The topological polar surface area (TPSA) is 66.5 Å². The summed E-state index contributed by atoms with van der Waals surface area (Å²) in [5, 5.41) is 0. The largest absolute Gasteiger partial charge is 0.338 e. The molecule has 0 aliphatic carbocycles. The van der Waals surface area contributed by atoms with Gasteiger partial charge in [0.1, 0.15) is 5.82 Å². The molecule has 1 aliphatic heterocycles. The highest BCUT2D eigenvalue weighted by Crippen LogP contribution is 2.20. The van der Waals surface area contributed by atoms with Gasteiger partial charge in [0, 0.05) is 26.1 Å². The molecule has 5 nitrogen and oxygen atoms in total. The first-order chi connectivity index (χ1) is 11.9. The normalized spacial score (nSPS) is 17.9. The summed E-state index contributed by atoms with van der Waals surface area (Å²) in [6.45, 7) is 1.17. The molecule has 1 unspecified atom stereocenters. The van der Waals surface area contributed by atoms with Gasteiger partial charge >= 0.3 is 0 Å². The summed E-state index contributed by atoms with van der Waals surface area (Å²) in [6, 6.07) is 14.5. The lowest BCUT2D eigenvalue weighted by Crippen LogP contribution is -2.31. The summed E-state index contributed by atoms with van der Waals surface area (Å²) in [6.07, 6.45) is 0.304. The molecule has 1 fully saturated rings. The number of benzene rings is 2. The summed E-state index contributed by atoms with van der Waals surface area (Å²) < 4.78 is 40.1. The maximum atomic E-state index is 13.2. The zero-order valence-corrected chi connectivity index (χ0v) is 14.4. The van der Waals surface area contributed by atoms with Gasteiger partial charge in [-0.05, 0) is 29.7 Å². The summed E-state index contributed by atoms with van der Waals surface area (Å²) >= 11 is 0. The molecular weight excluding hydrogens is 343 g/mol. The number of amides is 1. The van der Waals surface area contributed by atoms with Crippen molar-refractivity contribution in [3.63, 3.8) is 0 Å². The van der Waals surface area contributed by atoms with E-state index in [1.54, 1.807) is 4.90 Å². The molecule has 1 N–H and O–H groups in total. The maximum absolute atomic E-state index is 13.2. The number of hydrogen-bond acceptors (Lipinski definition) is 3. The molecule has 1 saturated heterocycles. The van der Waals surface area contributed by atoms with Crippen LogP contribution in [0.2, 0.25) is 0 Å². The van der Waals surface area contributed by atoms with E-state index in [-0.39, 0.29) is 23.3 Å². The minimum Gasteiger partial charge on any atom is -0.338 e. The minimum absolute atomic E-state index is 0.0128. The Labute approximate surface area is 146 Å². The fourth-order valence-corrected chi connectivity index (χ4v) is 4.04. The van der Waals surface area contributed by atoms with Gasteiger partial charge < -0.3 is 4.90 Å². The predicted molar refractivity (Wildman–Crippen MR) is 91.6 cm³/mol. The molecule has 0 radical (unpaired) electrons. The average molecular weight is 362 g/mol. The van der Waals surface area contributed by atoms with Crippen molar-refractivity contribution in [3.8, 4) is 0 Å². The van der Waals surface area contributed by atoms with Gasteiger partial charge in [0.15, 0.2) is 0 Å². The third kappa shape index (κ3) is 4.43. The number of carbonyl (C=O) groups is 1. The van der Waals surface area contributed by atoms with Crippen LogP contribution in [-0.2, 0) is 21.4 Å². The Balaban J connectivity index is 1.58. The highest BCUT2D eigenvalue weighted by Gasteiger charge is 2.30. The summed E-state index contributed by atoms with van der Waals surface area (Å²) in [5.74, 6) is -0.689. The van der Waals surface area contributed by atoms with E-state index in [0.717, 1.165) is 11.6 Å². The van der Waals surface area contributed by atoms with Crippen molar-refractivity contribution < 1.29 is 17.6 Å². The van der Waals surface area contributed by atoms with Gasteiger partial charge in [0.25, 0.3) is 0 Å². The number of halogens is 1. The summed E-state index contributed by atoms with van der Waals surface area (Å²) in [4.78, 5) is 13.7. The van der Waals surface area contributed by atoms with Crippen molar-refractivity contribution in [2.75, 3.05) is 13.1 Å². The van der Waals surface area contributed by atoms with Gasteiger partial charge in [-0.25, -0.2) is 17.5 Å². The highest BCUT2D eigenvalue weighted by molar-refractivity contribution is 7.89. The Morgan fingerprint density at radius 1 is 1.12 bits per heavy atom. The Hall–Kier alpha value is -2.25. The van der Waals surface area contributed by atoms with Crippen LogP contribution in [0.15, 0.2) is 59.5 Å². The smallest absolute Gasteiger partial charge is 0.240 e. The SMILES string of the molecule is O=C1CC(CNS(=O)(=O)c2cccc(F)c2)CN1Cc1ccccc1. The third-order valence-corrected chi connectivity index (χ3v) is 5.60. The number of carbonyl (C=O) groups excluding carboxylic acids is 1. The van der Waals surface area contributed by atoms with Crippen molar-refractivity contribution >= 4 is 15.9 Å². The molecule has 1 aliphatic rings. The Morgan fingerprint density at radius 3 is 2.60 bits per heavy atom. The molecule has 0 bridgehead atoms. The molecule has 0 saturated carbocycles. The Morgan fingerprint density at radius 2 is 1.88 bits per heavy atom. The van der Waals surface area contributed by atoms with Crippen LogP contribution in [0, 0.1) is 11.7 Å². The van der Waals surface area contributed by atoms with Gasteiger partial charge in [-0.15, -0.1) is 0 Å². The van der Waals surface area contributed by atoms with Gasteiger partial charge in [-0.2, -0.15) is 0 Å². The van der Waals surface area contributed by atoms with Gasteiger partial charge in [0.05, 0.1) is 4.90 Å². The molecule has 25 heavy (non-hydrogen) atoms. The van der Waals surface area contributed by atoms with Crippen molar-refractivity contribution in [1.82, 2.24) is 9.62 Å². The van der Waals surface area contributed by atoms with Crippen LogP contribution in [0.1, 0.15) is 12.0 Å². The highest BCUT2D eigenvalue weighted by atomic mass is 32.2. The Kier molecular flexibility index (Phi) is 5.15. The quantitative estimate of drug-likeness (QED) is 0.856. The lowest BCUT2D eigenvalue weighted by molar-refractivity contribution is -0.128. The number of hydrogen-bond donors (Lipinski definition) is 1. The van der Waals surface area contributed by atoms with Crippen molar-refractivity contribution in [2.24, 2.45) is 5.92 Å². The molecule has 132 valence electrons. The first-order valence-electron chi connectivity index (χ1n) is 8.01. The summed E-state index contributed by atoms with van der Waals surface area (Å²) in [7, 11) is -3.78. The monoisotopic (exact) mass is 362 g/mol.